The van der Waals surface area contributed by atoms with Crippen molar-refractivity contribution in [3.63, 3.8) is 0 Å². The Kier molecular flexibility index (Phi) is 9.49. The van der Waals surface area contributed by atoms with E-state index in [1.807, 2.05) is 30.3 Å². The van der Waals surface area contributed by atoms with Crippen molar-refractivity contribution in [2.45, 2.75) is 31.5 Å². The number of hydrogen-bond acceptors (Lipinski definition) is 3. The largest absolute Gasteiger partial charge is 0.460 e. The van der Waals surface area contributed by atoms with Gasteiger partial charge in [-0.15, -0.1) is 0 Å². The maximum atomic E-state index is 14.2. The molecule has 33 heavy (non-hydrogen) atoms. The standard InChI is InChI=1S/C24H24BrF2O5P/c1-3-21(24(26,27)33(29,30)31)22(25)15-17(2)14-20(19-12-8-5-9-13-19)23(28)32-16-18-10-6-4-7-11-18/h3-13,15,20H,2,14,16H2,1H3,(H2,29,30,31)/b21-3+,22-15+. The third-order valence-corrected chi connectivity index (χ3v) is 6.37. The third-order valence-electron chi connectivity index (χ3n) is 4.74. The van der Waals surface area contributed by atoms with Crippen molar-refractivity contribution in [2.75, 3.05) is 0 Å². The van der Waals surface area contributed by atoms with Gasteiger partial charge in [-0.2, -0.15) is 8.78 Å². The molecule has 0 aromatic heterocycles. The first-order valence-corrected chi connectivity index (χ1v) is 12.3. The summed E-state index contributed by atoms with van der Waals surface area (Å²) in [5, 5.41) is 0. The molecule has 2 rings (SSSR count). The van der Waals surface area contributed by atoms with E-state index in [2.05, 4.69) is 22.5 Å². The van der Waals surface area contributed by atoms with Gasteiger partial charge in [0.25, 0.3) is 0 Å². The van der Waals surface area contributed by atoms with Crippen molar-refractivity contribution in [3.05, 3.63) is 106 Å². The molecule has 0 amide bonds. The van der Waals surface area contributed by atoms with Crippen LogP contribution in [0.25, 0.3) is 0 Å². The molecule has 0 radical (unpaired) electrons. The lowest BCUT2D eigenvalue weighted by atomic mass is 9.92. The summed E-state index contributed by atoms with van der Waals surface area (Å²) in [7, 11) is -5.74. The Bertz CT molecular complexity index is 1080. The van der Waals surface area contributed by atoms with Gasteiger partial charge in [0.1, 0.15) is 6.61 Å². The minimum Gasteiger partial charge on any atom is -0.460 e. The van der Waals surface area contributed by atoms with Crippen LogP contribution in [-0.2, 0) is 20.7 Å². The summed E-state index contributed by atoms with van der Waals surface area (Å²) in [5.74, 6) is -1.27. The molecule has 1 atom stereocenters. The van der Waals surface area contributed by atoms with Crippen LogP contribution in [-0.4, -0.2) is 21.4 Å². The van der Waals surface area contributed by atoms with Crippen LogP contribution in [0, 0.1) is 0 Å². The number of alkyl halides is 2. The van der Waals surface area contributed by atoms with Gasteiger partial charge in [0.2, 0.25) is 0 Å². The summed E-state index contributed by atoms with van der Waals surface area (Å²) in [4.78, 5) is 31.0. The smallest absolute Gasteiger partial charge is 0.399 e. The predicted molar refractivity (Wildman–Crippen MR) is 127 cm³/mol. The second kappa shape index (κ2) is 11.7. The highest BCUT2D eigenvalue weighted by atomic mass is 79.9. The van der Waals surface area contributed by atoms with E-state index in [-0.39, 0.29) is 23.1 Å². The van der Waals surface area contributed by atoms with Gasteiger partial charge in [-0.25, -0.2) is 0 Å². The van der Waals surface area contributed by atoms with Crippen LogP contribution in [0.3, 0.4) is 0 Å². The first kappa shape index (κ1) is 26.9. The van der Waals surface area contributed by atoms with Crippen molar-refractivity contribution in [1.82, 2.24) is 0 Å². The summed E-state index contributed by atoms with van der Waals surface area (Å²) in [6.07, 6.45) is 2.18. The van der Waals surface area contributed by atoms with E-state index < -0.39 is 30.7 Å². The van der Waals surface area contributed by atoms with Crippen molar-refractivity contribution in [2.24, 2.45) is 0 Å². The first-order valence-electron chi connectivity index (χ1n) is 9.88. The highest BCUT2D eigenvalue weighted by Gasteiger charge is 2.52. The average Bonchev–Trinajstić information content (AvgIpc) is 2.76. The quantitative estimate of drug-likeness (QED) is 0.205. The van der Waals surface area contributed by atoms with Crippen LogP contribution in [0.15, 0.2) is 95.0 Å². The van der Waals surface area contributed by atoms with Gasteiger partial charge < -0.3 is 14.5 Å². The number of rotatable bonds is 10. The van der Waals surface area contributed by atoms with Gasteiger partial charge in [-0.1, -0.05) is 94.8 Å². The summed E-state index contributed by atoms with van der Waals surface area (Å²) >= 11 is 2.97. The molecule has 1 unspecified atom stereocenters. The summed E-state index contributed by atoms with van der Waals surface area (Å²) in [6, 6.07) is 18.0. The zero-order chi connectivity index (χ0) is 24.6. The molecule has 0 saturated carbocycles. The number of ether oxygens (including phenoxy) is 1. The zero-order valence-corrected chi connectivity index (χ0v) is 20.3. The lowest BCUT2D eigenvalue weighted by Gasteiger charge is -2.21. The molecule has 9 heteroatoms. The fraction of sp³-hybridized carbons (Fsp3) is 0.208. The summed E-state index contributed by atoms with van der Waals surface area (Å²) < 4.78 is 44.9. The lowest BCUT2D eigenvalue weighted by Crippen LogP contribution is -2.20. The second-order valence-electron chi connectivity index (χ2n) is 7.20. The number of benzene rings is 2. The van der Waals surface area contributed by atoms with Crippen LogP contribution in [0.2, 0.25) is 0 Å². The minimum atomic E-state index is -5.74. The van der Waals surface area contributed by atoms with Gasteiger partial charge in [0.05, 0.1) is 5.92 Å². The molecular formula is C24H24BrF2O5P. The van der Waals surface area contributed by atoms with E-state index in [4.69, 9.17) is 14.5 Å². The first-order chi connectivity index (χ1) is 15.5. The fourth-order valence-electron chi connectivity index (χ4n) is 3.04. The number of carbonyl (C=O) groups is 1. The maximum absolute atomic E-state index is 14.2. The summed E-state index contributed by atoms with van der Waals surface area (Å²) in [6.45, 7) is 5.16. The van der Waals surface area contributed by atoms with Crippen LogP contribution < -0.4 is 0 Å². The Morgan fingerprint density at radius 1 is 1.15 bits per heavy atom. The van der Waals surface area contributed by atoms with Gasteiger partial charge in [-0.05, 0) is 30.5 Å². The molecule has 0 aliphatic carbocycles. The number of carbonyl (C=O) groups excluding carboxylic acids is 1. The Morgan fingerprint density at radius 3 is 2.21 bits per heavy atom. The molecule has 2 N–H and O–H groups in total. The van der Waals surface area contributed by atoms with Gasteiger partial charge in [0.15, 0.2) is 0 Å². The number of halogens is 3. The van der Waals surface area contributed by atoms with Crippen LogP contribution >= 0.6 is 23.5 Å². The molecular weight excluding hydrogens is 517 g/mol. The van der Waals surface area contributed by atoms with E-state index in [0.29, 0.717) is 5.56 Å². The molecule has 0 bridgehead atoms. The van der Waals surface area contributed by atoms with Crippen molar-refractivity contribution in [1.29, 1.82) is 0 Å². The topological polar surface area (TPSA) is 83.8 Å². The Labute approximate surface area is 199 Å². The van der Waals surface area contributed by atoms with Crippen molar-refractivity contribution >= 4 is 29.5 Å². The van der Waals surface area contributed by atoms with E-state index in [1.165, 1.54) is 13.0 Å². The highest BCUT2D eigenvalue weighted by molar-refractivity contribution is 9.12. The Morgan fingerprint density at radius 2 is 1.70 bits per heavy atom. The Balaban J connectivity index is 2.24. The molecule has 2 aromatic rings. The van der Waals surface area contributed by atoms with E-state index in [9.17, 15) is 18.1 Å². The van der Waals surface area contributed by atoms with Gasteiger partial charge in [-0.3, -0.25) is 9.36 Å². The molecule has 176 valence electrons. The van der Waals surface area contributed by atoms with Crippen LogP contribution in [0.4, 0.5) is 8.78 Å². The normalized spacial score (nSPS) is 14.0. The van der Waals surface area contributed by atoms with E-state index in [0.717, 1.165) is 11.6 Å². The van der Waals surface area contributed by atoms with E-state index >= 15 is 0 Å². The summed E-state index contributed by atoms with van der Waals surface area (Å²) in [5.41, 5.74) is -3.50. The van der Waals surface area contributed by atoms with E-state index in [1.54, 1.807) is 30.3 Å². The van der Waals surface area contributed by atoms with Gasteiger partial charge in [0, 0.05) is 10.1 Å². The fourth-order valence-corrected chi connectivity index (χ4v) is 4.56. The number of hydrogen-bond donors (Lipinski definition) is 2. The lowest BCUT2D eigenvalue weighted by molar-refractivity contribution is -0.146. The molecule has 2 aromatic carbocycles. The number of esters is 1. The molecule has 5 nitrogen and oxygen atoms in total. The number of allylic oxidation sites excluding steroid dienone is 5. The van der Waals surface area contributed by atoms with Crippen LogP contribution in [0.1, 0.15) is 30.4 Å². The minimum absolute atomic E-state index is 0.0468. The zero-order valence-electron chi connectivity index (χ0n) is 17.8. The average molecular weight is 541 g/mol. The van der Waals surface area contributed by atoms with Crippen LogP contribution in [0.5, 0.6) is 0 Å². The monoisotopic (exact) mass is 540 g/mol. The highest BCUT2D eigenvalue weighted by Crippen LogP contribution is 2.58. The molecule has 0 aliphatic rings. The maximum Gasteiger partial charge on any atom is 0.399 e. The van der Waals surface area contributed by atoms with Crippen molar-refractivity contribution < 1.29 is 32.7 Å². The molecule has 0 aliphatic heterocycles. The molecule has 0 fully saturated rings. The van der Waals surface area contributed by atoms with Crippen molar-refractivity contribution in [3.8, 4) is 0 Å². The SMILES string of the molecule is C=C(/C=C(Br)\C(=C/C)C(F)(F)P(=O)(O)O)CC(C(=O)OCc1ccccc1)c1ccccc1. The molecule has 0 saturated heterocycles. The Hall–Kier alpha value is -2.38. The van der Waals surface area contributed by atoms with Gasteiger partial charge >= 0.3 is 19.2 Å². The molecule has 0 spiro atoms. The molecule has 0 heterocycles. The third kappa shape index (κ3) is 7.30. The predicted octanol–water partition coefficient (Wildman–Crippen LogP) is 6.46. The second-order valence-corrected chi connectivity index (χ2v) is 9.70.